The predicted octanol–water partition coefficient (Wildman–Crippen LogP) is 3.01. The zero-order valence-corrected chi connectivity index (χ0v) is 13.2. The molecule has 3 heteroatoms. The van der Waals surface area contributed by atoms with Gasteiger partial charge in [0, 0.05) is 6.54 Å². The minimum Gasteiger partial charge on any atom is -0.325 e. The van der Waals surface area contributed by atoms with Crippen LogP contribution < -0.4 is 5.32 Å². The summed E-state index contributed by atoms with van der Waals surface area (Å²) in [5, 5.41) is 3.63. The molecule has 1 saturated heterocycles. The molecule has 2 aliphatic rings. The summed E-state index contributed by atoms with van der Waals surface area (Å²) in [4.78, 5) is 14.8. The summed E-state index contributed by atoms with van der Waals surface area (Å²) in [6.45, 7) is 11.8. The van der Waals surface area contributed by atoms with Crippen molar-refractivity contribution < 1.29 is 4.79 Å². The molecule has 1 amide bonds. The number of carbonyl (C=O) groups excluding carboxylic acids is 1. The number of rotatable bonds is 3. The van der Waals surface area contributed by atoms with Crippen molar-refractivity contribution in [1.29, 1.82) is 0 Å². The van der Waals surface area contributed by atoms with E-state index < -0.39 is 0 Å². The van der Waals surface area contributed by atoms with Crippen LogP contribution in [0.1, 0.15) is 60.3 Å². The van der Waals surface area contributed by atoms with Gasteiger partial charge in [0.1, 0.15) is 0 Å². The van der Waals surface area contributed by atoms with Gasteiger partial charge in [0.05, 0.1) is 12.2 Å². The number of nitrogens with zero attached hydrogens (tertiary/aromatic N) is 1. The molecule has 19 heavy (non-hydrogen) atoms. The van der Waals surface area contributed by atoms with Crippen LogP contribution in [0.3, 0.4) is 0 Å². The van der Waals surface area contributed by atoms with Crippen molar-refractivity contribution in [3.63, 3.8) is 0 Å². The number of hydrogen-bond acceptors (Lipinski definition) is 2. The fourth-order valence-electron chi connectivity index (χ4n) is 3.49. The number of hydrogen-bond donors (Lipinski definition) is 1. The summed E-state index contributed by atoms with van der Waals surface area (Å²) >= 11 is 0. The molecule has 1 saturated carbocycles. The summed E-state index contributed by atoms with van der Waals surface area (Å²) in [5.41, 5.74) is 0.167. The van der Waals surface area contributed by atoms with Crippen molar-refractivity contribution in [3.05, 3.63) is 0 Å². The summed E-state index contributed by atoms with van der Waals surface area (Å²) < 4.78 is 0. The van der Waals surface area contributed by atoms with Gasteiger partial charge in [-0.15, -0.1) is 0 Å². The molecule has 1 aliphatic carbocycles. The second kappa shape index (κ2) is 5.43. The Morgan fingerprint density at radius 1 is 1.26 bits per heavy atom. The molecule has 0 bridgehead atoms. The van der Waals surface area contributed by atoms with Gasteiger partial charge in [-0.25, -0.2) is 0 Å². The van der Waals surface area contributed by atoms with E-state index in [4.69, 9.17) is 0 Å². The molecule has 0 aromatic heterocycles. The quantitative estimate of drug-likeness (QED) is 0.851. The lowest BCUT2D eigenvalue weighted by molar-refractivity contribution is -0.132. The van der Waals surface area contributed by atoms with Crippen LogP contribution >= 0.6 is 0 Å². The van der Waals surface area contributed by atoms with Gasteiger partial charge in [0.25, 0.3) is 0 Å². The van der Waals surface area contributed by atoms with Gasteiger partial charge < -0.3 is 4.90 Å². The minimum atomic E-state index is 0.0212. The summed E-state index contributed by atoms with van der Waals surface area (Å²) in [6.07, 6.45) is 5.48. The molecule has 1 aliphatic heterocycles. The number of carbonyl (C=O) groups is 1. The van der Waals surface area contributed by atoms with Gasteiger partial charge >= 0.3 is 0 Å². The van der Waals surface area contributed by atoms with Gasteiger partial charge in [-0.2, -0.15) is 0 Å². The van der Waals surface area contributed by atoms with E-state index in [9.17, 15) is 4.79 Å². The monoisotopic (exact) mass is 266 g/mol. The molecule has 3 nitrogen and oxygen atoms in total. The SMILES string of the molecule is CC(C)C1NC(C2CCCC2)N(CC(C)(C)C)C1=O. The average molecular weight is 266 g/mol. The number of nitrogens with one attached hydrogen (secondary N) is 1. The molecule has 0 spiro atoms. The maximum atomic E-state index is 12.7. The van der Waals surface area contributed by atoms with Gasteiger partial charge in [0.15, 0.2) is 0 Å². The molecule has 2 unspecified atom stereocenters. The maximum absolute atomic E-state index is 12.7. The van der Waals surface area contributed by atoms with E-state index in [-0.39, 0.29) is 17.6 Å². The topological polar surface area (TPSA) is 32.3 Å². The molecule has 2 rings (SSSR count). The second-order valence-corrected chi connectivity index (χ2v) is 7.90. The maximum Gasteiger partial charge on any atom is 0.241 e. The van der Waals surface area contributed by atoms with E-state index >= 15 is 0 Å². The van der Waals surface area contributed by atoms with E-state index in [0.717, 1.165) is 6.54 Å². The smallest absolute Gasteiger partial charge is 0.241 e. The Kier molecular flexibility index (Phi) is 4.24. The van der Waals surface area contributed by atoms with Crippen molar-refractivity contribution >= 4 is 5.91 Å². The third kappa shape index (κ3) is 3.31. The molecule has 110 valence electrons. The van der Waals surface area contributed by atoms with Crippen molar-refractivity contribution in [2.24, 2.45) is 17.3 Å². The van der Waals surface area contributed by atoms with Crippen LogP contribution in [-0.4, -0.2) is 29.6 Å². The number of amides is 1. The fourth-order valence-corrected chi connectivity index (χ4v) is 3.49. The van der Waals surface area contributed by atoms with Gasteiger partial charge in [-0.1, -0.05) is 47.5 Å². The molecule has 2 fully saturated rings. The standard InChI is InChI=1S/C16H30N2O/c1-11(2)13-15(19)18(10-16(3,4)5)14(17-13)12-8-6-7-9-12/h11-14,17H,6-10H2,1-5H3. The normalized spacial score (nSPS) is 29.8. The van der Waals surface area contributed by atoms with E-state index in [0.29, 0.717) is 17.7 Å². The highest BCUT2D eigenvalue weighted by Crippen LogP contribution is 2.34. The Labute approximate surface area is 118 Å². The molecule has 1 N–H and O–H groups in total. The Morgan fingerprint density at radius 3 is 2.32 bits per heavy atom. The average Bonchev–Trinajstić information content (AvgIpc) is 2.86. The first-order valence-electron chi connectivity index (χ1n) is 7.86. The predicted molar refractivity (Wildman–Crippen MR) is 78.7 cm³/mol. The Morgan fingerprint density at radius 2 is 1.84 bits per heavy atom. The minimum absolute atomic E-state index is 0.0212. The molecule has 0 aromatic carbocycles. The summed E-state index contributed by atoms with van der Waals surface area (Å²) in [6, 6.07) is 0.0212. The first-order valence-corrected chi connectivity index (χ1v) is 7.86. The third-order valence-electron chi connectivity index (χ3n) is 4.39. The van der Waals surface area contributed by atoms with Crippen LogP contribution in [0.2, 0.25) is 0 Å². The molecule has 2 atom stereocenters. The van der Waals surface area contributed by atoms with Gasteiger partial charge in [0.2, 0.25) is 5.91 Å². The molecule has 1 heterocycles. The first kappa shape index (κ1) is 14.8. The fraction of sp³-hybridized carbons (Fsp3) is 0.938. The van der Waals surface area contributed by atoms with Crippen LogP contribution in [-0.2, 0) is 4.79 Å². The summed E-state index contributed by atoms with van der Waals surface area (Å²) in [7, 11) is 0. The van der Waals surface area contributed by atoms with E-state index in [1.54, 1.807) is 0 Å². The molecule has 0 radical (unpaired) electrons. The lowest BCUT2D eigenvalue weighted by Gasteiger charge is -2.34. The van der Waals surface area contributed by atoms with Gasteiger partial charge in [-0.05, 0) is 30.1 Å². The van der Waals surface area contributed by atoms with E-state index in [1.165, 1.54) is 25.7 Å². The zero-order valence-electron chi connectivity index (χ0n) is 13.2. The largest absolute Gasteiger partial charge is 0.325 e. The first-order chi connectivity index (χ1) is 8.79. The van der Waals surface area contributed by atoms with Crippen molar-refractivity contribution in [2.45, 2.75) is 72.5 Å². The van der Waals surface area contributed by atoms with Crippen LogP contribution in [0.25, 0.3) is 0 Å². The van der Waals surface area contributed by atoms with Crippen LogP contribution in [0.5, 0.6) is 0 Å². The molecular weight excluding hydrogens is 236 g/mol. The lowest BCUT2D eigenvalue weighted by Crippen LogP contribution is -2.46. The van der Waals surface area contributed by atoms with Crippen LogP contribution in [0, 0.1) is 17.3 Å². The van der Waals surface area contributed by atoms with E-state index in [1.807, 2.05) is 0 Å². The Bertz CT molecular complexity index is 326. The zero-order chi connectivity index (χ0) is 14.2. The molecular formula is C16H30N2O. The van der Waals surface area contributed by atoms with Crippen molar-refractivity contribution in [3.8, 4) is 0 Å². The second-order valence-electron chi connectivity index (χ2n) is 7.90. The van der Waals surface area contributed by atoms with Crippen LogP contribution in [0.4, 0.5) is 0 Å². The highest BCUT2D eigenvalue weighted by atomic mass is 16.2. The summed E-state index contributed by atoms with van der Waals surface area (Å²) in [5.74, 6) is 1.36. The third-order valence-corrected chi connectivity index (χ3v) is 4.39. The Hall–Kier alpha value is -0.570. The van der Waals surface area contributed by atoms with Crippen molar-refractivity contribution in [1.82, 2.24) is 10.2 Å². The Balaban J connectivity index is 2.15. The lowest BCUT2D eigenvalue weighted by atomic mass is 9.94. The van der Waals surface area contributed by atoms with E-state index in [2.05, 4.69) is 44.8 Å². The molecule has 0 aromatic rings. The highest BCUT2D eigenvalue weighted by molar-refractivity contribution is 5.84. The highest BCUT2D eigenvalue weighted by Gasteiger charge is 2.45. The van der Waals surface area contributed by atoms with Crippen molar-refractivity contribution in [2.75, 3.05) is 6.54 Å². The van der Waals surface area contributed by atoms with Crippen LogP contribution in [0.15, 0.2) is 0 Å². The van der Waals surface area contributed by atoms with Gasteiger partial charge in [-0.3, -0.25) is 10.1 Å².